The highest BCUT2D eigenvalue weighted by Gasteiger charge is 2.37. The van der Waals surface area contributed by atoms with Crippen LogP contribution in [0.1, 0.15) is 41.3 Å². The Balaban J connectivity index is 1.79. The molecule has 2 N–H and O–H groups in total. The number of halogens is 1. The maximum atomic E-state index is 11.4. The van der Waals surface area contributed by atoms with Crippen molar-refractivity contribution in [2.75, 3.05) is 33.0 Å². The van der Waals surface area contributed by atoms with E-state index in [0.29, 0.717) is 57.5 Å². The summed E-state index contributed by atoms with van der Waals surface area (Å²) in [6.07, 6.45) is 0.587. The van der Waals surface area contributed by atoms with Crippen LogP contribution in [-0.4, -0.2) is 58.3 Å². The largest absolute Gasteiger partial charge is 0.527 e. The van der Waals surface area contributed by atoms with Gasteiger partial charge in [-0.2, -0.15) is 10.4 Å². The van der Waals surface area contributed by atoms with E-state index in [-0.39, 0.29) is 12.0 Å². The molecule has 1 fully saturated rings. The van der Waals surface area contributed by atoms with Gasteiger partial charge in [0.2, 0.25) is 0 Å². The first-order chi connectivity index (χ1) is 15.8. The van der Waals surface area contributed by atoms with Gasteiger partial charge in [0.05, 0.1) is 41.9 Å². The number of rotatable bonds is 5. The van der Waals surface area contributed by atoms with E-state index in [9.17, 15) is 10.1 Å². The standard InChI is InChI=1S/C21H22ClN7O4/c1-10-16-19(24)25-9-26-20(16)29(27-10)11(2)13-5-15(22)14(6-23)17(18(13)31-3)12-7-28(8-12)33-21(30)32-4/h5,9,11-12H,7-8H2,1-4H3,(H2,24,25,26). The van der Waals surface area contributed by atoms with Gasteiger partial charge < -0.3 is 20.0 Å². The summed E-state index contributed by atoms with van der Waals surface area (Å²) in [6, 6.07) is 3.54. The molecule has 0 amide bonds. The molecule has 4 rings (SSSR count). The van der Waals surface area contributed by atoms with Crippen LogP contribution in [-0.2, 0) is 9.57 Å². The van der Waals surface area contributed by atoms with Crippen molar-refractivity contribution in [3.8, 4) is 11.8 Å². The summed E-state index contributed by atoms with van der Waals surface area (Å²) in [5.74, 6) is 0.731. The lowest BCUT2D eigenvalue weighted by Gasteiger charge is -2.38. The zero-order chi connectivity index (χ0) is 23.9. The smallest absolute Gasteiger partial charge is 0.496 e. The molecule has 1 saturated heterocycles. The quantitative estimate of drug-likeness (QED) is 0.551. The molecule has 0 aliphatic carbocycles. The Morgan fingerprint density at radius 1 is 1.36 bits per heavy atom. The number of hydroxylamine groups is 2. The minimum Gasteiger partial charge on any atom is -0.496 e. The number of aromatic nitrogens is 4. The van der Waals surface area contributed by atoms with Crippen LogP contribution in [0.2, 0.25) is 5.02 Å². The third-order valence-corrected chi connectivity index (χ3v) is 6.05. The molecule has 1 aliphatic rings. The predicted molar refractivity (Wildman–Crippen MR) is 119 cm³/mol. The van der Waals surface area contributed by atoms with Gasteiger partial charge in [0.25, 0.3) is 0 Å². The molecule has 3 aromatic rings. The van der Waals surface area contributed by atoms with Crippen LogP contribution < -0.4 is 10.5 Å². The van der Waals surface area contributed by atoms with Gasteiger partial charge in [-0.15, -0.1) is 5.06 Å². The van der Waals surface area contributed by atoms with Crippen molar-refractivity contribution >= 4 is 34.6 Å². The van der Waals surface area contributed by atoms with Gasteiger partial charge in [0.1, 0.15) is 24.0 Å². The first-order valence-corrected chi connectivity index (χ1v) is 10.4. The summed E-state index contributed by atoms with van der Waals surface area (Å²) >= 11 is 6.54. The highest BCUT2D eigenvalue weighted by molar-refractivity contribution is 6.32. The van der Waals surface area contributed by atoms with Gasteiger partial charge in [-0.3, -0.25) is 0 Å². The molecule has 11 nitrogen and oxygen atoms in total. The topological polar surface area (TPSA) is 141 Å². The van der Waals surface area contributed by atoms with Crippen LogP contribution in [0, 0.1) is 18.3 Å². The number of anilines is 1. The second kappa shape index (κ2) is 8.73. The van der Waals surface area contributed by atoms with Crippen molar-refractivity contribution in [2.45, 2.75) is 25.8 Å². The molecule has 0 spiro atoms. The number of nitriles is 1. The molecule has 1 atom stereocenters. The molecule has 2 aromatic heterocycles. The van der Waals surface area contributed by atoms with Crippen molar-refractivity contribution < 1.29 is 19.1 Å². The zero-order valence-corrected chi connectivity index (χ0v) is 19.3. The molecular weight excluding hydrogens is 450 g/mol. The lowest BCUT2D eigenvalue weighted by molar-refractivity contribution is -0.170. The number of aryl methyl sites for hydroxylation is 1. The summed E-state index contributed by atoms with van der Waals surface area (Å²) in [7, 11) is 2.78. The number of fused-ring (bicyclic) bond motifs is 1. The van der Waals surface area contributed by atoms with Crippen molar-refractivity contribution in [2.24, 2.45) is 0 Å². The van der Waals surface area contributed by atoms with E-state index in [4.69, 9.17) is 26.9 Å². The van der Waals surface area contributed by atoms with Crippen molar-refractivity contribution in [3.05, 3.63) is 39.8 Å². The van der Waals surface area contributed by atoms with E-state index in [1.54, 1.807) is 10.7 Å². The average Bonchev–Trinajstić information content (AvgIpc) is 3.12. The zero-order valence-electron chi connectivity index (χ0n) is 18.5. The van der Waals surface area contributed by atoms with E-state index in [0.717, 1.165) is 5.56 Å². The minimum absolute atomic E-state index is 0.141. The number of nitrogens with two attached hydrogens (primary N) is 1. The Morgan fingerprint density at radius 3 is 2.73 bits per heavy atom. The summed E-state index contributed by atoms with van der Waals surface area (Å²) in [4.78, 5) is 24.9. The molecule has 33 heavy (non-hydrogen) atoms. The number of carbonyl (C=O) groups is 1. The van der Waals surface area contributed by atoms with Gasteiger partial charge in [-0.25, -0.2) is 19.4 Å². The van der Waals surface area contributed by atoms with Crippen LogP contribution in [0.5, 0.6) is 5.75 Å². The van der Waals surface area contributed by atoms with Gasteiger partial charge in [0, 0.05) is 30.1 Å². The fourth-order valence-electron chi connectivity index (χ4n) is 4.12. The molecule has 0 saturated carbocycles. The summed E-state index contributed by atoms with van der Waals surface area (Å²) < 4.78 is 12.1. The van der Waals surface area contributed by atoms with Crippen LogP contribution in [0.15, 0.2) is 12.4 Å². The molecule has 0 radical (unpaired) electrons. The lowest BCUT2D eigenvalue weighted by atomic mass is 9.86. The highest BCUT2D eigenvalue weighted by atomic mass is 35.5. The number of methoxy groups -OCH3 is 2. The number of nitrogens with zero attached hydrogens (tertiary/aromatic N) is 6. The number of benzene rings is 1. The summed E-state index contributed by atoms with van der Waals surface area (Å²) in [5.41, 5.74) is 9.02. The maximum Gasteiger partial charge on any atom is 0.527 e. The Hall–Kier alpha value is -3.62. The van der Waals surface area contributed by atoms with Gasteiger partial charge in [0.15, 0.2) is 5.65 Å². The summed E-state index contributed by atoms with van der Waals surface area (Å²) in [5, 5.41) is 16.9. The fraction of sp³-hybridized carbons (Fsp3) is 0.381. The Kier molecular flexibility index (Phi) is 5.97. The van der Waals surface area contributed by atoms with Crippen LogP contribution in [0.25, 0.3) is 11.0 Å². The SMILES string of the molecule is COC(=O)ON1CC(c2c(C#N)c(Cl)cc(C(C)n3nc(C)c4c(N)ncnc43)c2OC)C1. The number of nitrogen functional groups attached to an aromatic ring is 1. The van der Waals surface area contributed by atoms with Crippen molar-refractivity contribution in [3.63, 3.8) is 0 Å². The fourth-order valence-corrected chi connectivity index (χ4v) is 4.38. The molecule has 172 valence electrons. The molecular formula is C21H22ClN7O4. The highest BCUT2D eigenvalue weighted by Crippen LogP contribution is 2.44. The Morgan fingerprint density at radius 2 is 2.09 bits per heavy atom. The van der Waals surface area contributed by atoms with E-state index in [1.165, 1.54) is 25.6 Å². The summed E-state index contributed by atoms with van der Waals surface area (Å²) in [6.45, 7) is 4.50. The Bertz CT molecular complexity index is 1280. The molecule has 1 aliphatic heterocycles. The van der Waals surface area contributed by atoms with Gasteiger partial charge >= 0.3 is 6.16 Å². The van der Waals surface area contributed by atoms with Crippen LogP contribution in [0.4, 0.5) is 10.6 Å². The maximum absolute atomic E-state index is 11.4. The first-order valence-electron chi connectivity index (χ1n) is 10.1. The monoisotopic (exact) mass is 471 g/mol. The van der Waals surface area contributed by atoms with E-state index in [2.05, 4.69) is 25.9 Å². The number of carbonyl (C=O) groups excluding carboxylic acids is 1. The second-order valence-corrected chi connectivity index (χ2v) is 8.04. The Labute approximate surface area is 194 Å². The minimum atomic E-state index is -0.802. The lowest BCUT2D eigenvalue weighted by Crippen LogP contribution is -2.46. The van der Waals surface area contributed by atoms with E-state index >= 15 is 0 Å². The third kappa shape index (κ3) is 3.77. The van der Waals surface area contributed by atoms with Crippen molar-refractivity contribution in [1.29, 1.82) is 5.26 Å². The van der Waals surface area contributed by atoms with Gasteiger partial charge in [-0.05, 0) is 19.9 Å². The number of hydrogen-bond donors (Lipinski definition) is 1. The molecule has 3 heterocycles. The molecule has 0 bridgehead atoms. The van der Waals surface area contributed by atoms with Crippen LogP contribution in [0.3, 0.4) is 0 Å². The normalized spacial score (nSPS) is 15.0. The third-order valence-electron chi connectivity index (χ3n) is 5.75. The molecule has 1 unspecified atom stereocenters. The van der Waals surface area contributed by atoms with Gasteiger partial charge in [-0.1, -0.05) is 11.6 Å². The molecule has 12 heteroatoms. The average molecular weight is 472 g/mol. The van der Waals surface area contributed by atoms with Crippen molar-refractivity contribution in [1.82, 2.24) is 24.8 Å². The van der Waals surface area contributed by atoms with E-state index < -0.39 is 6.16 Å². The predicted octanol–water partition coefficient (Wildman–Crippen LogP) is 2.96. The van der Waals surface area contributed by atoms with E-state index in [1.807, 2.05) is 13.8 Å². The number of hydrogen-bond acceptors (Lipinski definition) is 10. The van der Waals surface area contributed by atoms with Crippen LogP contribution >= 0.6 is 11.6 Å². The first kappa shape index (κ1) is 22.6. The number of ether oxygens (including phenoxy) is 2. The second-order valence-electron chi connectivity index (χ2n) is 7.63. The molecule has 1 aromatic carbocycles.